The van der Waals surface area contributed by atoms with Crippen molar-refractivity contribution in [3.8, 4) is 5.69 Å². The minimum atomic E-state index is -0.233. The van der Waals surface area contributed by atoms with Gasteiger partial charge in [0, 0.05) is 28.8 Å². The molecule has 0 aliphatic carbocycles. The lowest BCUT2D eigenvalue weighted by Crippen LogP contribution is -2.04. The Kier molecular flexibility index (Phi) is 3.47. The molecule has 102 valence electrons. The van der Waals surface area contributed by atoms with Crippen molar-refractivity contribution in [2.75, 3.05) is 7.05 Å². The molecular formula is C16H14ClFN2. The van der Waals surface area contributed by atoms with E-state index in [0.717, 1.165) is 28.7 Å². The molecule has 0 bridgehead atoms. The normalized spacial score (nSPS) is 11.2. The van der Waals surface area contributed by atoms with Gasteiger partial charge in [-0.2, -0.15) is 0 Å². The zero-order valence-corrected chi connectivity index (χ0v) is 11.8. The minimum absolute atomic E-state index is 0.233. The van der Waals surface area contributed by atoms with Crippen molar-refractivity contribution in [3.63, 3.8) is 0 Å². The van der Waals surface area contributed by atoms with E-state index in [0.29, 0.717) is 5.02 Å². The highest BCUT2D eigenvalue weighted by molar-refractivity contribution is 6.31. The second kappa shape index (κ2) is 5.27. The molecule has 1 aromatic heterocycles. The van der Waals surface area contributed by atoms with Gasteiger partial charge in [0.05, 0.1) is 5.52 Å². The standard InChI is InChI=1S/C16H14ClFN2/c1-19-9-11-10-20(14-5-3-13(18)4-6-14)16-7-2-12(17)8-15(11)16/h2-8,10,19H,9H2,1H3. The molecule has 2 aromatic carbocycles. The van der Waals surface area contributed by atoms with Crippen LogP contribution in [-0.4, -0.2) is 11.6 Å². The number of aromatic nitrogens is 1. The summed E-state index contributed by atoms with van der Waals surface area (Å²) in [5.41, 5.74) is 3.15. The van der Waals surface area contributed by atoms with Crippen LogP contribution in [0.2, 0.25) is 5.02 Å². The van der Waals surface area contributed by atoms with E-state index < -0.39 is 0 Å². The minimum Gasteiger partial charge on any atom is -0.316 e. The first-order valence-electron chi connectivity index (χ1n) is 6.39. The summed E-state index contributed by atoms with van der Waals surface area (Å²) >= 11 is 6.09. The number of nitrogens with zero attached hydrogens (tertiary/aromatic N) is 1. The van der Waals surface area contributed by atoms with Crippen LogP contribution in [0, 0.1) is 5.82 Å². The first-order valence-corrected chi connectivity index (χ1v) is 6.77. The average Bonchev–Trinajstić information content (AvgIpc) is 2.78. The largest absolute Gasteiger partial charge is 0.316 e. The predicted molar refractivity (Wildman–Crippen MR) is 81.0 cm³/mol. The van der Waals surface area contributed by atoms with E-state index in [1.165, 1.54) is 12.1 Å². The van der Waals surface area contributed by atoms with Crippen molar-refractivity contribution < 1.29 is 4.39 Å². The lowest BCUT2D eigenvalue weighted by atomic mass is 10.2. The molecule has 0 fully saturated rings. The number of hydrogen-bond acceptors (Lipinski definition) is 1. The molecule has 0 aliphatic heterocycles. The third-order valence-electron chi connectivity index (χ3n) is 3.32. The molecule has 3 aromatic rings. The fourth-order valence-electron chi connectivity index (χ4n) is 2.42. The maximum absolute atomic E-state index is 13.1. The first kappa shape index (κ1) is 13.2. The van der Waals surface area contributed by atoms with Crippen LogP contribution in [0.15, 0.2) is 48.7 Å². The Labute approximate surface area is 121 Å². The first-order chi connectivity index (χ1) is 9.69. The third-order valence-corrected chi connectivity index (χ3v) is 3.56. The SMILES string of the molecule is CNCc1cn(-c2ccc(F)cc2)c2ccc(Cl)cc12. The molecule has 20 heavy (non-hydrogen) atoms. The van der Waals surface area contributed by atoms with Gasteiger partial charge in [0.2, 0.25) is 0 Å². The van der Waals surface area contributed by atoms with Gasteiger partial charge in [-0.1, -0.05) is 11.6 Å². The Hall–Kier alpha value is -1.84. The van der Waals surface area contributed by atoms with Crippen LogP contribution in [0.4, 0.5) is 4.39 Å². The van der Waals surface area contributed by atoms with E-state index in [1.54, 1.807) is 12.1 Å². The molecule has 1 N–H and O–H groups in total. The Bertz CT molecular complexity index is 747. The fourth-order valence-corrected chi connectivity index (χ4v) is 2.59. The highest BCUT2D eigenvalue weighted by Crippen LogP contribution is 2.27. The highest BCUT2D eigenvalue weighted by atomic mass is 35.5. The van der Waals surface area contributed by atoms with Crippen molar-refractivity contribution >= 4 is 22.5 Å². The molecule has 0 saturated heterocycles. The molecule has 0 atom stereocenters. The molecule has 3 rings (SSSR count). The van der Waals surface area contributed by atoms with Crippen molar-refractivity contribution in [1.82, 2.24) is 9.88 Å². The van der Waals surface area contributed by atoms with E-state index >= 15 is 0 Å². The molecule has 2 nitrogen and oxygen atoms in total. The molecule has 0 saturated carbocycles. The summed E-state index contributed by atoms with van der Waals surface area (Å²) in [6.45, 7) is 0.755. The van der Waals surface area contributed by atoms with E-state index in [2.05, 4.69) is 16.1 Å². The number of rotatable bonds is 3. The Morgan fingerprint density at radius 2 is 1.90 bits per heavy atom. The summed E-state index contributed by atoms with van der Waals surface area (Å²) in [5, 5.41) is 4.98. The van der Waals surface area contributed by atoms with Crippen molar-refractivity contribution in [2.45, 2.75) is 6.54 Å². The van der Waals surface area contributed by atoms with Crippen LogP contribution in [0.1, 0.15) is 5.56 Å². The number of benzene rings is 2. The zero-order valence-electron chi connectivity index (χ0n) is 11.0. The second-order valence-electron chi connectivity index (χ2n) is 4.69. The number of fused-ring (bicyclic) bond motifs is 1. The van der Waals surface area contributed by atoms with Crippen LogP contribution in [0.5, 0.6) is 0 Å². The van der Waals surface area contributed by atoms with E-state index in [9.17, 15) is 4.39 Å². The Morgan fingerprint density at radius 1 is 1.15 bits per heavy atom. The van der Waals surface area contributed by atoms with E-state index in [-0.39, 0.29) is 5.82 Å². The molecule has 0 spiro atoms. The van der Waals surface area contributed by atoms with Crippen molar-refractivity contribution in [1.29, 1.82) is 0 Å². The monoisotopic (exact) mass is 288 g/mol. The van der Waals surface area contributed by atoms with Crippen molar-refractivity contribution in [3.05, 3.63) is 65.1 Å². The Morgan fingerprint density at radius 3 is 2.60 bits per heavy atom. The smallest absolute Gasteiger partial charge is 0.123 e. The predicted octanol–water partition coefficient (Wildman–Crippen LogP) is 4.14. The van der Waals surface area contributed by atoms with Crippen LogP contribution < -0.4 is 5.32 Å². The van der Waals surface area contributed by atoms with Gasteiger partial charge in [0.15, 0.2) is 0 Å². The lowest BCUT2D eigenvalue weighted by Gasteiger charge is -2.05. The summed E-state index contributed by atoms with van der Waals surface area (Å²) in [4.78, 5) is 0. The summed E-state index contributed by atoms with van der Waals surface area (Å²) in [6.07, 6.45) is 2.06. The van der Waals surface area contributed by atoms with Crippen LogP contribution >= 0.6 is 11.6 Å². The molecule has 0 unspecified atom stereocenters. The van der Waals surface area contributed by atoms with Gasteiger partial charge in [-0.3, -0.25) is 0 Å². The van der Waals surface area contributed by atoms with Gasteiger partial charge < -0.3 is 9.88 Å². The maximum Gasteiger partial charge on any atom is 0.123 e. The topological polar surface area (TPSA) is 17.0 Å². The summed E-state index contributed by atoms with van der Waals surface area (Å²) in [7, 11) is 1.91. The molecule has 0 aliphatic rings. The summed E-state index contributed by atoms with van der Waals surface area (Å²) < 4.78 is 15.1. The van der Waals surface area contributed by atoms with Gasteiger partial charge in [0.1, 0.15) is 5.82 Å². The highest BCUT2D eigenvalue weighted by Gasteiger charge is 2.10. The zero-order chi connectivity index (χ0) is 14.1. The van der Waals surface area contributed by atoms with Gasteiger partial charge in [-0.15, -0.1) is 0 Å². The number of nitrogens with one attached hydrogen (secondary N) is 1. The Balaban J connectivity index is 2.22. The summed E-state index contributed by atoms with van der Waals surface area (Å²) in [6, 6.07) is 12.3. The number of halogens is 2. The molecular weight excluding hydrogens is 275 g/mol. The average molecular weight is 289 g/mol. The van der Waals surface area contributed by atoms with Crippen molar-refractivity contribution in [2.24, 2.45) is 0 Å². The van der Waals surface area contributed by atoms with E-state index in [4.69, 9.17) is 11.6 Å². The van der Waals surface area contributed by atoms with Gasteiger partial charge in [0.25, 0.3) is 0 Å². The van der Waals surface area contributed by atoms with Gasteiger partial charge in [-0.05, 0) is 55.1 Å². The van der Waals surface area contributed by atoms with Crippen LogP contribution in [0.3, 0.4) is 0 Å². The lowest BCUT2D eigenvalue weighted by molar-refractivity contribution is 0.627. The second-order valence-corrected chi connectivity index (χ2v) is 5.13. The number of hydrogen-bond donors (Lipinski definition) is 1. The molecule has 1 heterocycles. The molecule has 0 radical (unpaired) electrons. The maximum atomic E-state index is 13.1. The van der Waals surface area contributed by atoms with E-state index in [1.807, 2.05) is 25.2 Å². The summed E-state index contributed by atoms with van der Waals surface area (Å²) in [5.74, 6) is -0.233. The third kappa shape index (κ3) is 2.30. The quantitative estimate of drug-likeness (QED) is 0.766. The van der Waals surface area contributed by atoms with Crippen LogP contribution in [-0.2, 0) is 6.54 Å². The molecule has 0 amide bonds. The van der Waals surface area contributed by atoms with Gasteiger partial charge >= 0.3 is 0 Å². The fraction of sp³-hybridized carbons (Fsp3) is 0.125. The molecule has 4 heteroatoms. The van der Waals surface area contributed by atoms with Crippen LogP contribution in [0.25, 0.3) is 16.6 Å². The van der Waals surface area contributed by atoms with Gasteiger partial charge in [-0.25, -0.2) is 4.39 Å².